The number of rotatable bonds is 11. The van der Waals surface area contributed by atoms with E-state index in [1.165, 1.54) is 0 Å². The molecule has 1 amide bonds. The van der Waals surface area contributed by atoms with E-state index < -0.39 is 5.91 Å². The maximum Gasteiger partial charge on any atom is 0.323 e. The van der Waals surface area contributed by atoms with Crippen LogP contribution in [-0.2, 0) is 9.53 Å². The normalized spacial score (nSPS) is 10.2. The van der Waals surface area contributed by atoms with Gasteiger partial charge >= 0.3 is 6.01 Å². The number of aromatic nitrogens is 3. The van der Waals surface area contributed by atoms with Crippen LogP contribution in [0.4, 0.5) is 11.9 Å². The Hall–Kier alpha value is -2.16. The SMILES string of the molecule is CCCOc1nc(NCC)nc(NCCOCC(N)=O)n1. The topological polar surface area (TPSA) is 124 Å². The number of carbonyl (C=O) groups excluding carboxylic acids is 1. The molecule has 0 saturated carbocycles. The van der Waals surface area contributed by atoms with Gasteiger partial charge in [0.05, 0.1) is 13.2 Å². The van der Waals surface area contributed by atoms with Gasteiger partial charge in [-0.25, -0.2) is 0 Å². The largest absolute Gasteiger partial charge is 0.463 e. The summed E-state index contributed by atoms with van der Waals surface area (Å²) in [6.45, 7) is 5.83. The van der Waals surface area contributed by atoms with Gasteiger partial charge in [-0.1, -0.05) is 6.92 Å². The quantitative estimate of drug-likeness (QED) is 0.488. The molecule has 9 heteroatoms. The van der Waals surface area contributed by atoms with Crippen LogP contribution in [-0.4, -0.2) is 53.8 Å². The Morgan fingerprint density at radius 3 is 2.48 bits per heavy atom. The van der Waals surface area contributed by atoms with E-state index in [-0.39, 0.29) is 12.6 Å². The third kappa shape index (κ3) is 7.25. The minimum atomic E-state index is -0.500. The van der Waals surface area contributed by atoms with Crippen LogP contribution in [0.1, 0.15) is 20.3 Å². The first-order valence-electron chi connectivity index (χ1n) is 6.88. The molecule has 0 aromatic carbocycles. The summed E-state index contributed by atoms with van der Waals surface area (Å²) in [7, 11) is 0. The van der Waals surface area contributed by atoms with Gasteiger partial charge in [-0.05, 0) is 13.3 Å². The van der Waals surface area contributed by atoms with Crippen molar-refractivity contribution in [2.45, 2.75) is 20.3 Å². The summed E-state index contributed by atoms with van der Waals surface area (Å²) in [5.41, 5.74) is 4.96. The second kappa shape index (κ2) is 9.70. The third-order valence-corrected chi connectivity index (χ3v) is 2.16. The van der Waals surface area contributed by atoms with Gasteiger partial charge in [0.25, 0.3) is 0 Å². The second-order valence-electron chi connectivity index (χ2n) is 4.09. The lowest BCUT2D eigenvalue weighted by atomic mass is 10.5. The van der Waals surface area contributed by atoms with E-state index in [0.717, 1.165) is 6.42 Å². The van der Waals surface area contributed by atoms with E-state index in [9.17, 15) is 4.79 Å². The van der Waals surface area contributed by atoms with Gasteiger partial charge in [0.2, 0.25) is 17.8 Å². The number of anilines is 2. The Balaban J connectivity index is 2.53. The van der Waals surface area contributed by atoms with Crippen molar-refractivity contribution in [3.63, 3.8) is 0 Å². The summed E-state index contributed by atoms with van der Waals surface area (Å²) < 4.78 is 10.4. The number of hydrogen-bond acceptors (Lipinski definition) is 8. The molecule has 0 aliphatic heterocycles. The van der Waals surface area contributed by atoms with Crippen molar-refractivity contribution in [1.82, 2.24) is 15.0 Å². The average Bonchev–Trinajstić information content (AvgIpc) is 2.44. The number of carbonyl (C=O) groups is 1. The van der Waals surface area contributed by atoms with Crippen molar-refractivity contribution in [2.24, 2.45) is 5.73 Å². The van der Waals surface area contributed by atoms with E-state index in [1.54, 1.807) is 0 Å². The highest BCUT2D eigenvalue weighted by Crippen LogP contribution is 2.11. The van der Waals surface area contributed by atoms with Gasteiger partial charge in [-0.3, -0.25) is 4.79 Å². The fourth-order valence-corrected chi connectivity index (χ4v) is 1.34. The molecule has 0 spiro atoms. The first-order valence-corrected chi connectivity index (χ1v) is 6.88. The lowest BCUT2D eigenvalue weighted by Crippen LogP contribution is -2.21. The summed E-state index contributed by atoms with van der Waals surface area (Å²) >= 11 is 0. The van der Waals surface area contributed by atoms with Crippen molar-refractivity contribution in [3.05, 3.63) is 0 Å². The maximum atomic E-state index is 10.5. The molecule has 0 radical (unpaired) electrons. The van der Waals surface area contributed by atoms with Crippen LogP contribution >= 0.6 is 0 Å². The molecule has 0 aliphatic carbocycles. The number of amides is 1. The number of primary amides is 1. The predicted octanol–water partition coefficient (Wildman–Crippen LogP) is 0.00600. The van der Waals surface area contributed by atoms with Crippen LogP contribution in [0.2, 0.25) is 0 Å². The predicted molar refractivity (Wildman–Crippen MR) is 78.3 cm³/mol. The summed E-state index contributed by atoms with van der Waals surface area (Å²) in [6, 6.07) is 0.267. The molecule has 1 aromatic heterocycles. The van der Waals surface area contributed by atoms with E-state index in [1.807, 2.05) is 13.8 Å². The Bertz CT molecular complexity index is 443. The van der Waals surface area contributed by atoms with Crippen LogP contribution in [0.5, 0.6) is 6.01 Å². The van der Waals surface area contributed by atoms with Gasteiger partial charge in [0, 0.05) is 13.1 Å². The Labute approximate surface area is 123 Å². The summed E-state index contributed by atoms with van der Waals surface area (Å²) in [4.78, 5) is 23.0. The molecular formula is C12H22N6O3. The van der Waals surface area contributed by atoms with Gasteiger partial charge in [0.1, 0.15) is 6.61 Å². The number of ether oxygens (including phenoxy) is 2. The van der Waals surface area contributed by atoms with E-state index in [4.69, 9.17) is 15.2 Å². The van der Waals surface area contributed by atoms with Gasteiger partial charge < -0.3 is 25.8 Å². The number of hydrogen-bond donors (Lipinski definition) is 3. The van der Waals surface area contributed by atoms with Crippen molar-refractivity contribution < 1.29 is 14.3 Å². The van der Waals surface area contributed by atoms with Gasteiger partial charge in [0.15, 0.2) is 0 Å². The summed E-state index contributed by atoms with van der Waals surface area (Å²) in [6.07, 6.45) is 0.867. The second-order valence-corrected chi connectivity index (χ2v) is 4.09. The number of nitrogens with two attached hydrogens (primary N) is 1. The van der Waals surface area contributed by atoms with Crippen LogP contribution < -0.4 is 21.1 Å². The minimum Gasteiger partial charge on any atom is -0.463 e. The zero-order chi connectivity index (χ0) is 15.5. The number of nitrogens with one attached hydrogen (secondary N) is 2. The van der Waals surface area contributed by atoms with Crippen LogP contribution in [0.3, 0.4) is 0 Å². The summed E-state index contributed by atoms with van der Waals surface area (Å²) in [5, 5.41) is 5.98. The highest BCUT2D eigenvalue weighted by molar-refractivity contribution is 5.74. The molecule has 4 N–H and O–H groups in total. The first-order chi connectivity index (χ1) is 10.2. The van der Waals surface area contributed by atoms with Crippen molar-refractivity contribution in [2.75, 3.05) is 43.5 Å². The molecule has 0 unspecified atom stereocenters. The van der Waals surface area contributed by atoms with Crippen LogP contribution in [0.15, 0.2) is 0 Å². The minimum absolute atomic E-state index is 0.105. The molecule has 118 valence electrons. The molecule has 1 rings (SSSR count). The molecule has 9 nitrogen and oxygen atoms in total. The monoisotopic (exact) mass is 298 g/mol. The van der Waals surface area contributed by atoms with Gasteiger partial charge in [-0.2, -0.15) is 15.0 Å². The fourth-order valence-electron chi connectivity index (χ4n) is 1.34. The Kier molecular flexibility index (Phi) is 7.80. The first kappa shape index (κ1) is 16.9. The molecule has 0 atom stereocenters. The fraction of sp³-hybridized carbons (Fsp3) is 0.667. The van der Waals surface area contributed by atoms with Crippen molar-refractivity contribution >= 4 is 17.8 Å². The van der Waals surface area contributed by atoms with E-state index in [0.29, 0.717) is 38.2 Å². The third-order valence-electron chi connectivity index (χ3n) is 2.16. The molecule has 0 saturated heterocycles. The van der Waals surface area contributed by atoms with Gasteiger partial charge in [-0.15, -0.1) is 0 Å². The average molecular weight is 298 g/mol. The zero-order valence-corrected chi connectivity index (χ0v) is 12.4. The van der Waals surface area contributed by atoms with Crippen LogP contribution in [0, 0.1) is 0 Å². The van der Waals surface area contributed by atoms with Crippen molar-refractivity contribution in [3.8, 4) is 6.01 Å². The standard InChI is InChI=1S/C12H22N6O3/c1-3-6-21-12-17-10(14-4-2)16-11(18-12)15-5-7-20-8-9(13)19/h3-8H2,1-2H3,(H2,13,19)(H2,14,15,16,17,18). The molecule has 0 bridgehead atoms. The highest BCUT2D eigenvalue weighted by Gasteiger charge is 2.06. The van der Waals surface area contributed by atoms with E-state index >= 15 is 0 Å². The molecular weight excluding hydrogens is 276 g/mol. The smallest absolute Gasteiger partial charge is 0.323 e. The lowest BCUT2D eigenvalue weighted by Gasteiger charge is -2.09. The Morgan fingerprint density at radius 1 is 1.14 bits per heavy atom. The van der Waals surface area contributed by atoms with Crippen LogP contribution in [0.25, 0.3) is 0 Å². The molecule has 1 heterocycles. The molecule has 0 fully saturated rings. The molecule has 0 aliphatic rings. The van der Waals surface area contributed by atoms with E-state index in [2.05, 4.69) is 25.6 Å². The summed E-state index contributed by atoms with van der Waals surface area (Å²) in [5.74, 6) is 0.328. The maximum absolute atomic E-state index is 10.5. The zero-order valence-electron chi connectivity index (χ0n) is 12.4. The molecule has 21 heavy (non-hydrogen) atoms. The molecule has 1 aromatic rings. The lowest BCUT2D eigenvalue weighted by molar-refractivity contribution is -0.122. The Morgan fingerprint density at radius 2 is 1.86 bits per heavy atom. The highest BCUT2D eigenvalue weighted by atomic mass is 16.5. The van der Waals surface area contributed by atoms with Crippen molar-refractivity contribution in [1.29, 1.82) is 0 Å². The number of nitrogens with zero attached hydrogens (tertiary/aromatic N) is 3.